The van der Waals surface area contributed by atoms with Crippen LogP contribution in [0.5, 0.6) is 0 Å². The second kappa shape index (κ2) is 20.2. The van der Waals surface area contributed by atoms with Gasteiger partial charge in [0.1, 0.15) is 18.5 Å². The Bertz CT molecular complexity index is 2590. The summed E-state index contributed by atoms with van der Waals surface area (Å²) in [6.45, 7) is 2.45. The average molecular weight is 1130 g/mol. The SMILES string of the molecule is C[PH+](C[PH+](c1ccccc1)c1ccccc1)c1ccccc1.[Au+].[Au+].[C-]#Cc1ccc2c(c1)c1ccccc1n2C.[C-]#Cc1ccc2c(c1)c1ccccc1n2C. The molecule has 56 heavy (non-hydrogen) atoms. The molecule has 9 aromatic rings. The molecule has 1 atom stereocenters. The number of benzene rings is 7. The van der Waals surface area contributed by atoms with Crippen molar-refractivity contribution in [2.45, 2.75) is 0 Å². The van der Waals surface area contributed by atoms with E-state index in [-0.39, 0.29) is 44.8 Å². The Morgan fingerprint density at radius 1 is 0.429 bits per heavy atom. The molecule has 0 amide bonds. The Morgan fingerprint density at radius 3 is 1.16 bits per heavy atom. The second-order valence-corrected chi connectivity index (χ2v) is 19.1. The molecule has 0 bridgehead atoms. The van der Waals surface area contributed by atoms with Gasteiger partial charge in [-0.3, -0.25) is 11.8 Å². The van der Waals surface area contributed by atoms with Crippen LogP contribution < -0.4 is 15.9 Å². The first-order valence-corrected chi connectivity index (χ1v) is 22.0. The van der Waals surface area contributed by atoms with Crippen molar-refractivity contribution in [1.82, 2.24) is 9.13 Å². The Morgan fingerprint density at radius 2 is 0.768 bits per heavy atom. The Kier molecular flexibility index (Phi) is 15.4. The van der Waals surface area contributed by atoms with E-state index in [0.717, 1.165) is 11.1 Å². The number of nitrogens with zero attached hydrogens (tertiary/aromatic N) is 2. The van der Waals surface area contributed by atoms with Crippen molar-refractivity contribution in [2.75, 3.05) is 12.6 Å². The van der Waals surface area contributed by atoms with Crippen molar-refractivity contribution >= 4 is 75.4 Å². The minimum Gasteiger partial charge on any atom is -0.366 e. The quantitative estimate of drug-likeness (QED) is 0.0704. The van der Waals surface area contributed by atoms with E-state index in [9.17, 15) is 0 Å². The fourth-order valence-corrected chi connectivity index (χ4v) is 14.1. The van der Waals surface area contributed by atoms with E-state index in [2.05, 4.69) is 157 Å². The molecule has 2 heterocycles. The molecule has 0 aliphatic heterocycles. The fraction of sp³-hybridized carbons (Fsp3) is 0.0800. The minimum absolute atomic E-state index is 0. The molecule has 0 N–H and O–H groups in total. The summed E-state index contributed by atoms with van der Waals surface area (Å²) in [4.78, 5) is 0. The molecule has 9 rings (SSSR count). The third-order valence-electron chi connectivity index (χ3n) is 10.1. The van der Waals surface area contributed by atoms with Crippen LogP contribution in [0.25, 0.3) is 43.6 Å². The fourth-order valence-electron chi connectivity index (χ4n) is 7.23. The molecular weight excluding hydrogens is 1080 g/mol. The van der Waals surface area contributed by atoms with Gasteiger partial charge in [0.15, 0.2) is 5.90 Å². The van der Waals surface area contributed by atoms with Gasteiger partial charge in [-0.15, -0.1) is 35.4 Å². The van der Waals surface area contributed by atoms with Crippen LogP contribution in [-0.4, -0.2) is 21.7 Å². The molecule has 1 unspecified atom stereocenters. The molecule has 0 saturated carbocycles. The van der Waals surface area contributed by atoms with Gasteiger partial charge in [-0.2, -0.15) is 0 Å². The number of aryl methyl sites for hydroxylation is 2. The summed E-state index contributed by atoms with van der Waals surface area (Å²) in [7, 11) is 2.92. The largest absolute Gasteiger partial charge is 1.00 e. The maximum Gasteiger partial charge on any atom is 1.00 e. The molecule has 0 radical (unpaired) electrons. The zero-order chi connectivity index (χ0) is 37.4. The van der Waals surface area contributed by atoms with E-state index in [4.69, 9.17) is 12.8 Å². The van der Waals surface area contributed by atoms with E-state index < -0.39 is 15.8 Å². The van der Waals surface area contributed by atoms with Gasteiger partial charge in [0.05, 0.1) is 19.9 Å². The van der Waals surface area contributed by atoms with Crippen molar-refractivity contribution in [1.29, 1.82) is 0 Å². The molecule has 7 aromatic carbocycles. The van der Waals surface area contributed by atoms with Crippen molar-refractivity contribution in [3.63, 3.8) is 0 Å². The number of rotatable bonds is 5. The van der Waals surface area contributed by atoms with Crippen LogP contribution >= 0.6 is 15.8 Å². The second-order valence-electron chi connectivity index (χ2n) is 13.4. The van der Waals surface area contributed by atoms with Gasteiger partial charge in [-0.05, 0) is 59.3 Å². The van der Waals surface area contributed by atoms with Crippen LogP contribution in [0.3, 0.4) is 0 Å². The Labute approximate surface area is 364 Å². The summed E-state index contributed by atoms with van der Waals surface area (Å²) in [6, 6.07) is 61.8. The summed E-state index contributed by atoms with van der Waals surface area (Å²) in [5.41, 5.74) is 6.48. The summed E-state index contributed by atoms with van der Waals surface area (Å²) >= 11 is 0. The zero-order valence-electron chi connectivity index (χ0n) is 31.4. The van der Waals surface area contributed by atoms with Crippen LogP contribution in [0, 0.1) is 24.7 Å². The normalized spacial score (nSPS) is 11.0. The first-order valence-electron chi connectivity index (χ1n) is 18.1. The smallest absolute Gasteiger partial charge is 0.366 e. The van der Waals surface area contributed by atoms with Crippen LogP contribution in [-0.2, 0) is 58.9 Å². The molecule has 6 heteroatoms. The van der Waals surface area contributed by atoms with Crippen molar-refractivity contribution in [2.24, 2.45) is 14.1 Å². The molecule has 0 fully saturated rings. The summed E-state index contributed by atoms with van der Waals surface area (Å²) in [6.07, 6.45) is 14.4. The van der Waals surface area contributed by atoms with Crippen LogP contribution in [0.15, 0.2) is 176 Å². The summed E-state index contributed by atoms with van der Waals surface area (Å²) in [5, 5.41) is 9.44. The number of hydrogen-bond donors (Lipinski definition) is 0. The van der Waals surface area contributed by atoms with Gasteiger partial charge in [-0.25, -0.2) is 0 Å². The van der Waals surface area contributed by atoms with Gasteiger partial charge < -0.3 is 22.0 Å². The number of fused-ring (bicyclic) bond motifs is 6. The molecule has 0 spiro atoms. The number of hydrogen-bond acceptors (Lipinski definition) is 0. The van der Waals surface area contributed by atoms with E-state index in [1.165, 1.54) is 60.1 Å². The van der Waals surface area contributed by atoms with E-state index in [1.807, 2.05) is 60.7 Å². The first-order chi connectivity index (χ1) is 26.5. The topological polar surface area (TPSA) is 9.86 Å². The van der Waals surface area contributed by atoms with Crippen molar-refractivity contribution < 1.29 is 44.8 Å². The van der Waals surface area contributed by atoms with Crippen LogP contribution in [0.1, 0.15) is 11.1 Å². The maximum absolute atomic E-state index is 7.18. The minimum atomic E-state index is -0.701. The molecule has 282 valence electrons. The predicted molar refractivity (Wildman–Crippen MR) is 239 cm³/mol. The first kappa shape index (κ1) is 42.7. The molecule has 0 aliphatic carbocycles. The van der Waals surface area contributed by atoms with Gasteiger partial charge in [0, 0.05) is 46.9 Å². The Balaban J connectivity index is 0.000000161. The summed E-state index contributed by atoms with van der Waals surface area (Å²) in [5.74, 6) is 6.19. The molecule has 0 saturated heterocycles. The molecule has 0 aliphatic rings. The van der Waals surface area contributed by atoms with E-state index in [0.29, 0.717) is 0 Å². The molecule has 2 aromatic heterocycles. The van der Waals surface area contributed by atoms with Gasteiger partial charge in [0.25, 0.3) is 0 Å². The van der Waals surface area contributed by atoms with Crippen LogP contribution in [0.4, 0.5) is 0 Å². The van der Waals surface area contributed by atoms with E-state index >= 15 is 0 Å². The number of para-hydroxylation sites is 2. The molecule has 2 nitrogen and oxygen atoms in total. The van der Waals surface area contributed by atoms with Gasteiger partial charge >= 0.3 is 44.8 Å². The number of aromatic nitrogens is 2. The maximum atomic E-state index is 7.18. The average Bonchev–Trinajstić information content (AvgIpc) is 3.70. The zero-order valence-corrected chi connectivity index (χ0v) is 37.8. The van der Waals surface area contributed by atoms with Crippen LogP contribution in [0.2, 0.25) is 0 Å². The third kappa shape index (κ3) is 9.41. The van der Waals surface area contributed by atoms with Gasteiger partial charge in [0.2, 0.25) is 0 Å². The monoisotopic (exact) mass is 1130 g/mol. The van der Waals surface area contributed by atoms with Crippen molar-refractivity contribution in [3.05, 3.63) is 200 Å². The molecular formula is C50H42Au2N2P2+2. The predicted octanol–water partition coefficient (Wildman–Crippen LogP) is 10.5. The third-order valence-corrected chi connectivity index (χ3v) is 17.0. The van der Waals surface area contributed by atoms with Crippen molar-refractivity contribution in [3.8, 4) is 11.8 Å². The van der Waals surface area contributed by atoms with Gasteiger partial charge in [-0.1, -0.05) is 103 Å². The Hall–Kier alpha value is -4.40. The standard InChI is InChI=1S/C20H20P2.2C15H10N.2Au/c1-21(18-11-5-2-6-12-18)17-22(19-13-7-3-8-14-19)20-15-9-4-10-16-20;2*1-3-11-8-9-15-13(10-11)12-6-4-5-7-14(12)16(15)2;;/h2-16H,17H2,1H3;2*4-10H,2H3;;/q;2*-1;2*+1/p+2. The van der Waals surface area contributed by atoms with E-state index in [1.54, 1.807) is 5.30 Å². The summed E-state index contributed by atoms with van der Waals surface area (Å²) < 4.78 is 4.36.